The minimum Gasteiger partial charge on any atom is -0.756 e. The number of hydrogen-bond acceptors (Lipinski definition) is 25. The summed E-state index contributed by atoms with van der Waals surface area (Å²) in [6, 6.07) is 8.46. The van der Waals surface area contributed by atoms with Crippen molar-refractivity contribution in [3.63, 3.8) is 0 Å². The Morgan fingerprint density at radius 1 is 0.865 bits per heavy atom. The van der Waals surface area contributed by atoms with Gasteiger partial charge >= 0.3 is 66.9 Å². The number of hydrogen-bond donors (Lipinski definition) is 7. The van der Waals surface area contributed by atoms with E-state index in [4.69, 9.17) is 43.1 Å². The van der Waals surface area contributed by atoms with E-state index in [-0.39, 0.29) is 164 Å². The number of Topliss-reactive ketones (excluding diaryl/α,β-unsaturated/α-hetero) is 2. The number of halogens is 2. The molecule has 0 saturated carbocycles. The van der Waals surface area contributed by atoms with Crippen LogP contribution in [0.15, 0.2) is 36.9 Å². The number of anilines is 1. The third kappa shape index (κ3) is 27.8. The van der Waals surface area contributed by atoms with Crippen LogP contribution >= 0.6 is 58.4 Å². The van der Waals surface area contributed by atoms with Crippen LogP contribution in [0.2, 0.25) is 0 Å². The van der Waals surface area contributed by atoms with Crippen molar-refractivity contribution < 1.29 is 163 Å². The third-order valence-electron chi connectivity index (χ3n) is 13.8. The monoisotopic (exact) mass is 1390 g/mol. The number of amides is 4. The van der Waals surface area contributed by atoms with Crippen LogP contribution in [0.4, 0.5) is 5.82 Å². The summed E-state index contributed by atoms with van der Waals surface area (Å²) in [4.78, 5) is 133. The van der Waals surface area contributed by atoms with Gasteiger partial charge in [0.05, 0.1) is 44.6 Å². The molecule has 0 spiro atoms. The summed E-state index contributed by atoms with van der Waals surface area (Å²) in [5.74, 6) is -0.543. The van der Waals surface area contributed by atoms with Crippen molar-refractivity contribution in [1.82, 2.24) is 35.1 Å². The number of nitrogens with two attached hydrogens (primary N) is 1. The van der Waals surface area contributed by atoms with Gasteiger partial charge in [0.25, 0.3) is 15.6 Å². The van der Waals surface area contributed by atoms with Crippen LogP contribution in [0.25, 0.3) is 11.2 Å². The number of likely N-dealkylation sites (tertiary alicyclic amines) is 1. The molecule has 0 bridgehead atoms. The smallest absolute Gasteiger partial charge is 0.756 e. The zero-order valence-electron chi connectivity index (χ0n) is 49.9. The third-order valence-corrected chi connectivity index (χ3v) is 18.4. The summed E-state index contributed by atoms with van der Waals surface area (Å²) < 4.78 is 72.8. The molecule has 30 nitrogen and oxygen atoms in total. The molecule has 8 N–H and O–H groups in total. The second-order valence-electron chi connectivity index (χ2n) is 21.0. The minimum absolute atomic E-state index is 0. The molecule has 0 radical (unpaired) electrons. The zero-order chi connectivity index (χ0) is 64.0. The molecule has 4 heterocycles. The van der Waals surface area contributed by atoms with Gasteiger partial charge in [0.15, 0.2) is 17.7 Å². The number of thioether (sulfide) groups is 1. The Kier molecular flexibility index (Phi) is 36.4. The van der Waals surface area contributed by atoms with Gasteiger partial charge in [-0.1, -0.05) is 38.1 Å². The second-order valence-corrected chi connectivity index (χ2v) is 27.2. The maximum Gasteiger partial charge on any atom is 1.00 e. The molecule has 488 valence electrons. The summed E-state index contributed by atoms with van der Waals surface area (Å²) in [5.41, 5.74) is 6.50. The van der Waals surface area contributed by atoms with E-state index in [2.05, 4.69) is 67.7 Å². The van der Waals surface area contributed by atoms with E-state index in [0.29, 0.717) is 50.2 Å². The van der Waals surface area contributed by atoms with Gasteiger partial charge in [0, 0.05) is 87.7 Å². The van der Waals surface area contributed by atoms with Crippen LogP contribution in [0.3, 0.4) is 0 Å². The number of imidazole rings is 1. The molecule has 2 aliphatic rings. The second kappa shape index (κ2) is 39.8. The SMILES string of the molecule is CC(C)(COP(=O)([O-])OP(=O)([O-])OC[C@H]1O[C@@H](n2cnc3c(N)ncnc32)[C@@H](O)C1OP(=O)(O)O)[C@@H](O)C(=O)NCCC(=O)NCCSC1CC(=O)N(CCCC(=O)CCOCCOCCCC(=O)CCCc2ccc(C(CCCl)CCCl)cc2)C1=O.[Na+].[Na+]. The fourth-order valence-corrected chi connectivity index (χ4v) is 13.4. The molecule has 2 fully saturated rings. The minimum atomic E-state index is -5.94. The van der Waals surface area contributed by atoms with Crippen molar-refractivity contribution in [2.24, 2.45) is 5.41 Å². The number of nitrogens with zero attached hydrogens (tertiary/aromatic N) is 5. The molecule has 1 aromatic carbocycles. The number of fused-ring (bicyclic) bond motifs is 1. The number of benzene rings is 1. The number of rotatable bonds is 43. The van der Waals surface area contributed by atoms with Gasteiger partial charge in [-0.05, 0) is 55.6 Å². The number of nitrogen functional groups attached to an aromatic ring is 1. The maximum absolute atomic E-state index is 13.0. The summed E-state index contributed by atoms with van der Waals surface area (Å²) in [7, 11) is -17.2. The molecule has 2 saturated heterocycles. The average molecular weight is 1390 g/mol. The number of carbonyl (C=O) groups is 6. The number of nitrogens with one attached hydrogen (secondary N) is 2. The van der Waals surface area contributed by atoms with Gasteiger partial charge in [0.1, 0.15) is 47.8 Å². The van der Waals surface area contributed by atoms with Crippen LogP contribution in [-0.4, -0.2) is 186 Å². The van der Waals surface area contributed by atoms with Crippen LogP contribution in [0.1, 0.15) is 108 Å². The standard InChI is InChI=1S/C51H77Cl2N8O22P3S.2Na/c1-51(2,30-80-86(75,76)83-85(73,74)79-29-38-44(82-84(70,71)72)43(66)50(81-38)61-32-59-42-46(54)57-31-58-47(42)61)45(67)48(68)56-20-16-40(64)55-21-27-87-39-28-41(65)60(49(39)69)22-4-8-37(63)17-24-78-26-25-77-23-5-9-36(62)7-3-6-33-10-12-34(13-11-33)35(14-18-52)15-19-53;;/h10-13,31-32,35,38-39,43-45,50,66-67H,3-9,14-30H2,1-2H3,(H,55,64)(H,56,68)(H,73,74)(H,75,76)(H2,54,57,58)(H2,70,71,72);;/q;2*+1/p-2/t38-,39?,43+,44?,45+,50-;;/m1../s1. The van der Waals surface area contributed by atoms with Gasteiger partial charge in [-0.25, -0.2) is 23.8 Å². The molecule has 4 unspecified atom stereocenters. The first-order chi connectivity index (χ1) is 41.1. The fraction of sp³-hybridized carbons (Fsp3) is 0.667. The molecule has 2 aliphatic heterocycles. The molecule has 5 rings (SSSR count). The van der Waals surface area contributed by atoms with E-state index in [9.17, 15) is 72.2 Å². The van der Waals surface area contributed by atoms with Gasteiger partial charge < -0.3 is 69.4 Å². The summed E-state index contributed by atoms with van der Waals surface area (Å²) in [6.45, 7) is 1.19. The van der Waals surface area contributed by atoms with E-state index >= 15 is 0 Å². The Labute approximate surface area is 573 Å². The van der Waals surface area contributed by atoms with Crippen molar-refractivity contribution in [2.75, 3.05) is 82.5 Å². The molecular weight excluding hydrogens is 1320 g/mol. The Bertz CT molecular complexity index is 2920. The van der Waals surface area contributed by atoms with Crippen molar-refractivity contribution >= 4 is 111 Å². The van der Waals surface area contributed by atoms with E-state index in [1.54, 1.807) is 0 Å². The van der Waals surface area contributed by atoms with Crippen LogP contribution in [-0.2, 0) is 81.0 Å². The summed E-state index contributed by atoms with van der Waals surface area (Å²) >= 11 is 13.1. The van der Waals surface area contributed by atoms with Crippen LogP contribution in [0, 0.1) is 5.41 Å². The van der Waals surface area contributed by atoms with Crippen molar-refractivity contribution in [3.05, 3.63) is 48.0 Å². The van der Waals surface area contributed by atoms with Gasteiger partial charge in [-0.3, -0.25) is 51.9 Å². The van der Waals surface area contributed by atoms with Crippen molar-refractivity contribution in [3.8, 4) is 0 Å². The number of imide groups is 1. The quantitative estimate of drug-likeness (QED) is 0.00950. The Balaban J connectivity index is 0.0000104. The maximum atomic E-state index is 13.0. The molecule has 4 amide bonds. The van der Waals surface area contributed by atoms with Gasteiger partial charge in [0.2, 0.25) is 23.6 Å². The fourth-order valence-electron chi connectivity index (χ4n) is 9.09. The van der Waals surface area contributed by atoms with E-state index in [1.165, 1.54) is 36.7 Å². The van der Waals surface area contributed by atoms with Gasteiger partial charge in [-0.2, -0.15) is 0 Å². The Morgan fingerprint density at radius 3 is 2.18 bits per heavy atom. The zero-order valence-corrected chi connectivity index (χ0v) is 58.9. The average Bonchev–Trinajstić information content (AvgIpc) is 1.68. The molecule has 3 aromatic rings. The molecule has 38 heteroatoms. The molecule has 8 atom stereocenters. The van der Waals surface area contributed by atoms with E-state index in [0.717, 1.165) is 47.8 Å². The summed E-state index contributed by atoms with van der Waals surface area (Å²) in [5, 5.41) is 25.9. The number of phosphoric acid groups is 3. The number of aliphatic hydroxyl groups is 2. The summed E-state index contributed by atoms with van der Waals surface area (Å²) in [6.07, 6.45) is -2.00. The molecule has 0 aliphatic carbocycles. The predicted octanol–water partition coefficient (Wildman–Crippen LogP) is -3.50. The molecular formula is C51H75Cl2N8Na2O22P3S. The molecule has 89 heavy (non-hydrogen) atoms. The first-order valence-corrected chi connectivity index (χ1v) is 34.4. The van der Waals surface area contributed by atoms with Crippen LogP contribution < -0.4 is 85.3 Å². The number of ether oxygens (including phenoxy) is 3. The first-order valence-electron chi connectivity index (χ1n) is 27.8. The number of aliphatic hydroxyl groups excluding tert-OH is 2. The first kappa shape index (κ1) is 81.3. The molecule has 2 aromatic heterocycles. The number of aryl methyl sites for hydroxylation is 1. The Morgan fingerprint density at radius 2 is 1.51 bits per heavy atom. The van der Waals surface area contributed by atoms with Gasteiger partial charge in [-0.15, -0.1) is 35.0 Å². The van der Waals surface area contributed by atoms with Crippen molar-refractivity contribution in [2.45, 2.75) is 133 Å². The number of phosphoric ester groups is 3. The topological polar surface area (TPSA) is 442 Å². The largest absolute Gasteiger partial charge is 1.00 e. The number of alkyl halides is 2. The predicted molar refractivity (Wildman–Crippen MR) is 310 cm³/mol. The Hall–Kier alpha value is -1.91. The van der Waals surface area contributed by atoms with E-state index < -0.39 is 95.7 Å². The normalized spacial score (nSPS) is 19.6. The number of aromatic nitrogens is 4. The van der Waals surface area contributed by atoms with E-state index in [1.807, 2.05) is 0 Å². The number of ketones is 2. The number of carbonyl (C=O) groups excluding carboxylic acids is 6. The van der Waals surface area contributed by atoms with Crippen LogP contribution in [0.5, 0.6) is 0 Å². The van der Waals surface area contributed by atoms with Crippen molar-refractivity contribution in [1.29, 1.82) is 0 Å².